The summed E-state index contributed by atoms with van der Waals surface area (Å²) >= 11 is 0. The molecule has 0 fully saturated rings. The predicted octanol–water partition coefficient (Wildman–Crippen LogP) is 3.06. The van der Waals surface area contributed by atoms with Crippen molar-refractivity contribution in [2.45, 2.75) is 5.92 Å². The maximum atomic E-state index is 13.1. The van der Waals surface area contributed by atoms with Crippen LogP contribution in [-0.2, 0) is 0 Å². The topological polar surface area (TPSA) is 52.0 Å². The molecule has 1 aromatic heterocycles. The molecule has 0 saturated carbocycles. The molecule has 0 bridgehead atoms. The van der Waals surface area contributed by atoms with Gasteiger partial charge in [-0.25, -0.2) is 9.37 Å². The highest BCUT2D eigenvalue weighted by molar-refractivity contribution is 5.72. The lowest BCUT2D eigenvalue weighted by molar-refractivity contribution is 0.502. The van der Waals surface area contributed by atoms with E-state index < -0.39 is 0 Å². The summed E-state index contributed by atoms with van der Waals surface area (Å²) in [5.74, 6) is 0.0855. The monoisotopic (exact) mass is 256 g/mol. The lowest BCUT2D eigenvalue weighted by atomic mass is 9.99. The van der Waals surface area contributed by atoms with Crippen molar-refractivity contribution in [1.29, 1.82) is 0 Å². The van der Waals surface area contributed by atoms with Gasteiger partial charge >= 0.3 is 0 Å². The molecule has 3 aromatic rings. The molecular weight excluding hydrogens is 243 g/mol. The van der Waals surface area contributed by atoms with E-state index in [4.69, 9.17) is 10.2 Å². The lowest BCUT2D eigenvalue weighted by Crippen LogP contribution is -2.14. The van der Waals surface area contributed by atoms with E-state index in [1.165, 1.54) is 12.1 Å². The van der Waals surface area contributed by atoms with Crippen molar-refractivity contribution in [3.8, 4) is 0 Å². The van der Waals surface area contributed by atoms with Crippen LogP contribution in [0.1, 0.15) is 17.4 Å². The number of oxazole rings is 1. The Bertz CT molecular complexity index is 694. The average Bonchev–Trinajstić information content (AvgIpc) is 2.83. The van der Waals surface area contributed by atoms with E-state index in [2.05, 4.69) is 4.98 Å². The highest BCUT2D eigenvalue weighted by Crippen LogP contribution is 2.26. The molecule has 2 N–H and O–H groups in total. The Morgan fingerprint density at radius 2 is 1.95 bits per heavy atom. The molecular formula is C15H13FN2O. The quantitative estimate of drug-likeness (QED) is 0.783. The third kappa shape index (κ3) is 2.22. The number of fused-ring (bicyclic) bond motifs is 1. The van der Waals surface area contributed by atoms with E-state index in [-0.39, 0.29) is 11.7 Å². The molecule has 0 aliphatic heterocycles. The third-order valence-corrected chi connectivity index (χ3v) is 3.10. The van der Waals surface area contributed by atoms with Crippen LogP contribution in [0.5, 0.6) is 0 Å². The summed E-state index contributed by atoms with van der Waals surface area (Å²) < 4.78 is 18.8. The van der Waals surface area contributed by atoms with Crippen molar-refractivity contribution in [2.75, 3.05) is 6.54 Å². The zero-order chi connectivity index (χ0) is 13.2. The van der Waals surface area contributed by atoms with E-state index in [1.807, 2.05) is 30.3 Å². The molecule has 0 spiro atoms. The molecule has 0 radical (unpaired) electrons. The minimum absolute atomic E-state index is 0.114. The molecule has 96 valence electrons. The summed E-state index contributed by atoms with van der Waals surface area (Å²) in [7, 11) is 0. The molecule has 0 aliphatic rings. The van der Waals surface area contributed by atoms with Crippen LogP contribution < -0.4 is 5.73 Å². The van der Waals surface area contributed by atoms with Crippen LogP contribution in [0.4, 0.5) is 4.39 Å². The number of halogens is 1. The summed E-state index contributed by atoms with van der Waals surface area (Å²) in [6.45, 7) is 0.388. The SMILES string of the molecule is NCC(c1ccccc1)c1nc2cc(F)ccc2o1. The van der Waals surface area contributed by atoms with Crippen molar-refractivity contribution in [1.82, 2.24) is 4.98 Å². The molecule has 1 atom stereocenters. The van der Waals surface area contributed by atoms with Crippen LogP contribution in [-0.4, -0.2) is 11.5 Å². The highest BCUT2D eigenvalue weighted by atomic mass is 19.1. The average molecular weight is 256 g/mol. The van der Waals surface area contributed by atoms with Crippen LogP contribution in [0.15, 0.2) is 52.9 Å². The molecule has 3 nitrogen and oxygen atoms in total. The van der Waals surface area contributed by atoms with E-state index in [1.54, 1.807) is 6.07 Å². The Kier molecular flexibility index (Phi) is 3.01. The Morgan fingerprint density at radius 1 is 1.16 bits per heavy atom. The van der Waals surface area contributed by atoms with Crippen LogP contribution in [0.25, 0.3) is 11.1 Å². The van der Waals surface area contributed by atoms with Crippen molar-refractivity contribution in [3.05, 3.63) is 65.8 Å². The Balaban J connectivity index is 2.07. The van der Waals surface area contributed by atoms with Gasteiger partial charge in [0.15, 0.2) is 5.58 Å². The van der Waals surface area contributed by atoms with Crippen molar-refractivity contribution in [3.63, 3.8) is 0 Å². The molecule has 3 rings (SSSR count). The molecule has 0 amide bonds. The maximum absolute atomic E-state index is 13.1. The second-order valence-electron chi connectivity index (χ2n) is 4.36. The number of nitrogens with two attached hydrogens (primary N) is 1. The minimum atomic E-state index is -0.323. The standard InChI is InChI=1S/C15H13FN2O/c16-11-6-7-14-13(8-11)18-15(19-14)12(9-17)10-4-2-1-3-5-10/h1-8,12H,9,17H2. The van der Waals surface area contributed by atoms with Crippen LogP contribution in [0.3, 0.4) is 0 Å². The highest BCUT2D eigenvalue weighted by Gasteiger charge is 2.18. The van der Waals surface area contributed by atoms with Crippen LogP contribution in [0, 0.1) is 5.82 Å². The second kappa shape index (κ2) is 4.82. The Hall–Kier alpha value is -2.20. The molecule has 1 heterocycles. The molecule has 2 aromatic carbocycles. The number of nitrogens with zero attached hydrogens (tertiary/aromatic N) is 1. The number of benzene rings is 2. The molecule has 4 heteroatoms. The van der Waals surface area contributed by atoms with Gasteiger partial charge in [0.25, 0.3) is 0 Å². The largest absolute Gasteiger partial charge is 0.440 e. The van der Waals surface area contributed by atoms with Gasteiger partial charge in [0.1, 0.15) is 11.3 Å². The first-order valence-corrected chi connectivity index (χ1v) is 6.09. The number of hydrogen-bond donors (Lipinski definition) is 1. The molecule has 19 heavy (non-hydrogen) atoms. The number of rotatable bonds is 3. The van der Waals surface area contributed by atoms with Crippen molar-refractivity contribution >= 4 is 11.1 Å². The van der Waals surface area contributed by atoms with Gasteiger partial charge in [-0.1, -0.05) is 30.3 Å². The summed E-state index contributed by atoms with van der Waals surface area (Å²) in [5.41, 5.74) is 7.95. The summed E-state index contributed by atoms with van der Waals surface area (Å²) in [5, 5.41) is 0. The lowest BCUT2D eigenvalue weighted by Gasteiger charge is -2.10. The van der Waals surface area contributed by atoms with Gasteiger partial charge in [0, 0.05) is 12.6 Å². The van der Waals surface area contributed by atoms with Crippen LogP contribution >= 0.6 is 0 Å². The Morgan fingerprint density at radius 3 is 2.68 bits per heavy atom. The predicted molar refractivity (Wildman–Crippen MR) is 71.3 cm³/mol. The van der Waals surface area contributed by atoms with Gasteiger partial charge in [-0.2, -0.15) is 0 Å². The van der Waals surface area contributed by atoms with Gasteiger partial charge in [-0.15, -0.1) is 0 Å². The summed E-state index contributed by atoms with van der Waals surface area (Å²) in [4.78, 5) is 4.33. The first-order chi connectivity index (χ1) is 9.28. The van der Waals surface area contributed by atoms with Crippen molar-refractivity contribution < 1.29 is 8.81 Å². The second-order valence-corrected chi connectivity index (χ2v) is 4.36. The Labute approximate surface area is 109 Å². The van der Waals surface area contributed by atoms with Gasteiger partial charge in [0.05, 0.1) is 5.92 Å². The number of hydrogen-bond acceptors (Lipinski definition) is 3. The van der Waals surface area contributed by atoms with Gasteiger partial charge < -0.3 is 10.2 Å². The number of aromatic nitrogens is 1. The van der Waals surface area contributed by atoms with E-state index >= 15 is 0 Å². The van der Waals surface area contributed by atoms with Gasteiger partial charge in [-0.05, 0) is 17.7 Å². The fraction of sp³-hybridized carbons (Fsp3) is 0.133. The molecule has 1 unspecified atom stereocenters. The third-order valence-electron chi connectivity index (χ3n) is 3.10. The fourth-order valence-electron chi connectivity index (χ4n) is 2.13. The normalized spacial score (nSPS) is 12.7. The fourth-order valence-corrected chi connectivity index (χ4v) is 2.13. The van der Waals surface area contributed by atoms with Gasteiger partial charge in [0.2, 0.25) is 5.89 Å². The zero-order valence-corrected chi connectivity index (χ0v) is 10.2. The van der Waals surface area contributed by atoms with E-state index in [9.17, 15) is 4.39 Å². The first kappa shape index (κ1) is 11.9. The van der Waals surface area contributed by atoms with Gasteiger partial charge in [-0.3, -0.25) is 0 Å². The van der Waals surface area contributed by atoms with E-state index in [0.717, 1.165) is 5.56 Å². The molecule has 0 aliphatic carbocycles. The minimum Gasteiger partial charge on any atom is -0.440 e. The van der Waals surface area contributed by atoms with E-state index in [0.29, 0.717) is 23.5 Å². The summed E-state index contributed by atoms with van der Waals surface area (Å²) in [6, 6.07) is 14.1. The van der Waals surface area contributed by atoms with Crippen LogP contribution in [0.2, 0.25) is 0 Å². The first-order valence-electron chi connectivity index (χ1n) is 6.09. The van der Waals surface area contributed by atoms with Crippen molar-refractivity contribution in [2.24, 2.45) is 5.73 Å². The maximum Gasteiger partial charge on any atom is 0.204 e. The molecule has 0 saturated heterocycles. The summed E-state index contributed by atoms with van der Waals surface area (Å²) in [6.07, 6.45) is 0. The smallest absolute Gasteiger partial charge is 0.204 e. The zero-order valence-electron chi connectivity index (χ0n) is 10.2.